The molecule has 0 spiro atoms. The Labute approximate surface area is 129 Å². The Morgan fingerprint density at radius 2 is 0.636 bits per heavy atom. The van der Waals surface area contributed by atoms with Crippen molar-refractivity contribution in [1.82, 2.24) is 0 Å². The first kappa shape index (κ1) is 16.9. The van der Waals surface area contributed by atoms with E-state index in [9.17, 15) is 39.5 Å². The summed E-state index contributed by atoms with van der Waals surface area (Å²) in [4.78, 5) is 0. The van der Waals surface area contributed by atoms with Crippen LogP contribution in [0.4, 0.5) is 39.5 Å². The van der Waals surface area contributed by atoms with Crippen LogP contribution in [0.25, 0.3) is 11.1 Å². The van der Waals surface area contributed by atoms with Crippen LogP contribution in [0.3, 0.4) is 0 Å². The molecule has 0 aromatic heterocycles. The third-order valence-corrected chi connectivity index (χ3v) is 3.68. The largest absolute Gasteiger partial charge is 0.203 e. The van der Waals surface area contributed by atoms with Crippen molar-refractivity contribution in [3.63, 3.8) is 0 Å². The highest BCUT2D eigenvalue weighted by molar-refractivity contribution is 14.1. The molecule has 2 aromatic rings. The summed E-state index contributed by atoms with van der Waals surface area (Å²) in [6, 6.07) is 0. The van der Waals surface area contributed by atoms with Crippen molar-refractivity contribution in [2.45, 2.75) is 0 Å². The van der Waals surface area contributed by atoms with Crippen LogP contribution in [0.5, 0.6) is 0 Å². The van der Waals surface area contributed by atoms with Gasteiger partial charge in [0.05, 0.1) is 9.13 Å². The van der Waals surface area contributed by atoms with Gasteiger partial charge in [-0.25, -0.2) is 39.5 Å². The summed E-state index contributed by atoms with van der Waals surface area (Å²) in [6.07, 6.45) is 0. The number of hydrogen-bond acceptors (Lipinski definition) is 0. The molecule has 0 fully saturated rings. The number of rotatable bonds is 1. The molecular formula is C12F9I. The summed E-state index contributed by atoms with van der Waals surface area (Å²) in [5, 5.41) is 0. The predicted molar refractivity (Wildman–Crippen MR) is 64.2 cm³/mol. The molecule has 22 heavy (non-hydrogen) atoms. The lowest BCUT2D eigenvalue weighted by Gasteiger charge is -2.12. The summed E-state index contributed by atoms with van der Waals surface area (Å²) in [7, 11) is 0. The van der Waals surface area contributed by atoms with Crippen LogP contribution in [0.15, 0.2) is 0 Å². The molecule has 0 aliphatic rings. The van der Waals surface area contributed by atoms with Crippen molar-refractivity contribution in [3.8, 4) is 11.1 Å². The Morgan fingerprint density at radius 3 is 1.05 bits per heavy atom. The lowest BCUT2D eigenvalue weighted by atomic mass is 10.0. The molecule has 0 saturated heterocycles. The van der Waals surface area contributed by atoms with Gasteiger partial charge in [0.25, 0.3) is 0 Å². The van der Waals surface area contributed by atoms with Gasteiger partial charge in [-0.2, -0.15) is 0 Å². The van der Waals surface area contributed by atoms with Crippen LogP contribution in [-0.2, 0) is 0 Å². The van der Waals surface area contributed by atoms with Gasteiger partial charge >= 0.3 is 0 Å². The molecule has 0 atom stereocenters. The predicted octanol–water partition coefficient (Wildman–Crippen LogP) is 5.21. The summed E-state index contributed by atoms with van der Waals surface area (Å²) in [6.45, 7) is 0. The maximum Gasteiger partial charge on any atom is 0.200 e. The Balaban J connectivity index is 3.03. The summed E-state index contributed by atoms with van der Waals surface area (Å²) < 4.78 is 118. The molecule has 118 valence electrons. The summed E-state index contributed by atoms with van der Waals surface area (Å²) >= 11 is 0.848. The van der Waals surface area contributed by atoms with Crippen molar-refractivity contribution >= 4 is 22.6 Å². The van der Waals surface area contributed by atoms with E-state index in [1.54, 1.807) is 0 Å². The normalized spacial score (nSPS) is 11.2. The molecule has 0 bridgehead atoms. The average Bonchev–Trinajstić information content (AvgIpc) is 2.50. The lowest BCUT2D eigenvalue weighted by Crippen LogP contribution is -2.09. The fourth-order valence-electron chi connectivity index (χ4n) is 1.65. The second-order valence-electron chi connectivity index (χ2n) is 3.89. The minimum atomic E-state index is -2.53. The Bertz CT molecular complexity index is 675. The molecular weight excluding hydrogens is 442 g/mol. The molecule has 0 heterocycles. The SMILES string of the molecule is Fc1c(F)c(F)c(-c2c(F)c(F)c(F)c(F)c2I)c(F)c1F. The number of hydrogen-bond donors (Lipinski definition) is 0. The van der Waals surface area contributed by atoms with Crippen LogP contribution in [0.2, 0.25) is 0 Å². The monoisotopic (exact) mass is 442 g/mol. The molecule has 0 N–H and O–H groups in total. The molecule has 10 heteroatoms. The van der Waals surface area contributed by atoms with Gasteiger partial charge in [0.15, 0.2) is 46.5 Å². The van der Waals surface area contributed by atoms with E-state index in [0.717, 1.165) is 22.6 Å². The standard InChI is InChI=1S/C12F9I/c13-3-1(4(14)7(17)9(19)6(3)16)2-5(15)8(18)10(20)11(21)12(2)22. The zero-order valence-electron chi connectivity index (χ0n) is 9.78. The highest BCUT2D eigenvalue weighted by Crippen LogP contribution is 2.38. The van der Waals surface area contributed by atoms with E-state index in [4.69, 9.17) is 0 Å². The van der Waals surface area contributed by atoms with E-state index < -0.39 is 67.1 Å². The third kappa shape index (κ3) is 2.23. The van der Waals surface area contributed by atoms with Crippen molar-refractivity contribution in [2.75, 3.05) is 0 Å². The Hall–Kier alpha value is -1.46. The van der Waals surface area contributed by atoms with E-state index in [-0.39, 0.29) is 0 Å². The smallest absolute Gasteiger partial charge is 0.200 e. The van der Waals surface area contributed by atoms with Gasteiger partial charge in [-0.05, 0) is 22.6 Å². The molecule has 0 unspecified atom stereocenters. The van der Waals surface area contributed by atoms with Crippen molar-refractivity contribution in [2.24, 2.45) is 0 Å². The quantitative estimate of drug-likeness (QED) is 0.246. The van der Waals surface area contributed by atoms with Gasteiger partial charge < -0.3 is 0 Å². The maximum absolute atomic E-state index is 13.7. The second-order valence-corrected chi connectivity index (χ2v) is 4.97. The molecule has 0 saturated carbocycles. The highest BCUT2D eigenvalue weighted by atomic mass is 127. The molecule has 0 radical (unpaired) electrons. The van der Waals surface area contributed by atoms with Crippen LogP contribution in [0.1, 0.15) is 0 Å². The van der Waals surface area contributed by atoms with Crippen LogP contribution in [0, 0.1) is 55.9 Å². The maximum atomic E-state index is 13.7. The number of benzene rings is 2. The number of halogens is 10. The van der Waals surface area contributed by atoms with E-state index >= 15 is 0 Å². The van der Waals surface area contributed by atoms with Crippen LogP contribution >= 0.6 is 22.6 Å². The van der Waals surface area contributed by atoms with Gasteiger partial charge in [0, 0.05) is 5.56 Å². The van der Waals surface area contributed by atoms with Crippen LogP contribution in [-0.4, -0.2) is 0 Å². The zero-order chi connectivity index (χ0) is 16.9. The van der Waals surface area contributed by atoms with Gasteiger partial charge in [0.2, 0.25) is 5.82 Å². The van der Waals surface area contributed by atoms with Crippen LogP contribution < -0.4 is 0 Å². The molecule has 0 aliphatic heterocycles. The van der Waals surface area contributed by atoms with E-state index in [1.807, 2.05) is 0 Å². The van der Waals surface area contributed by atoms with Gasteiger partial charge in [0.1, 0.15) is 0 Å². The first-order valence-electron chi connectivity index (χ1n) is 5.14. The summed E-state index contributed by atoms with van der Waals surface area (Å²) in [5.74, 6) is -21.4. The second kappa shape index (κ2) is 5.63. The average molecular weight is 442 g/mol. The third-order valence-electron chi connectivity index (χ3n) is 2.67. The summed E-state index contributed by atoms with van der Waals surface area (Å²) in [5.41, 5.74) is -3.50. The van der Waals surface area contributed by atoms with E-state index in [0.29, 0.717) is 0 Å². The van der Waals surface area contributed by atoms with E-state index in [1.165, 1.54) is 0 Å². The zero-order valence-corrected chi connectivity index (χ0v) is 11.9. The van der Waals surface area contributed by atoms with Crippen molar-refractivity contribution in [1.29, 1.82) is 0 Å². The van der Waals surface area contributed by atoms with Gasteiger partial charge in [-0.15, -0.1) is 0 Å². The lowest BCUT2D eigenvalue weighted by molar-refractivity contribution is 0.379. The molecule has 2 rings (SSSR count). The first-order chi connectivity index (χ1) is 10.1. The first-order valence-corrected chi connectivity index (χ1v) is 6.22. The topological polar surface area (TPSA) is 0 Å². The minimum absolute atomic E-state index is 0.848. The Morgan fingerprint density at radius 1 is 0.364 bits per heavy atom. The Kier molecular flexibility index (Phi) is 4.33. The van der Waals surface area contributed by atoms with E-state index in [2.05, 4.69) is 0 Å². The van der Waals surface area contributed by atoms with Crippen molar-refractivity contribution < 1.29 is 39.5 Å². The molecule has 2 aromatic carbocycles. The highest BCUT2D eigenvalue weighted by Gasteiger charge is 2.33. The van der Waals surface area contributed by atoms with Gasteiger partial charge in [-0.1, -0.05) is 0 Å². The molecule has 0 aliphatic carbocycles. The van der Waals surface area contributed by atoms with Gasteiger partial charge in [-0.3, -0.25) is 0 Å². The molecule has 0 amide bonds. The molecule has 0 nitrogen and oxygen atoms in total. The minimum Gasteiger partial charge on any atom is -0.203 e. The fraction of sp³-hybridized carbons (Fsp3) is 0. The van der Waals surface area contributed by atoms with Crippen molar-refractivity contribution in [3.05, 3.63) is 55.9 Å². The fourth-order valence-corrected chi connectivity index (χ4v) is 2.39.